The van der Waals surface area contributed by atoms with Crippen LogP contribution in [0, 0.1) is 11.3 Å². The van der Waals surface area contributed by atoms with Gasteiger partial charge in [0.2, 0.25) is 5.75 Å². The molecule has 0 aliphatic rings. The summed E-state index contributed by atoms with van der Waals surface area (Å²) < 4.78 is 7.49. The summed E-state index contributed by atoms with van der Waals surface area (Å²) in [5, 5.41) is 30.8. The van der Waals surface area contributed by atoms with Crippen LogP contribution < -0.4 is 10.9 Å². The van der Waals surface area contributed by atoms with Gasteiger partial charge >= 0.3 is 0 Å². The van der Waals surface area contributed by atoms with Gasteiger partial charge in [-0.15, -0.1) is 0 Å². The molecule has 11 nitrogen and oxygen atoms in total. The second-order valence-corrected chi connectivity index (χ2v) is 8.39. The van der Waals surface area contributed by atoms with Crippen molar-refractivity contribution in [1.29, 1.82) is 5.26 Å². The van der Waals surface area contributed by atoms with Gasteiger partial charge in [-0.05, 0) is 29.3 Å². The van der Waals surface area contributed by atoms with E-state index in [1.165, 1.54) is 24.1 Å². The van der Waals surface area contributed by atoms with E-state index in [-0.39, 0.29) is 11.5 Å². The molecule has 0 bridgehead atoms. The molecular formula is C23H20ClN7O4. The van der Waals surface area contributed by atoms with E-state index in [1.807, 2.05) is 0 Å². The number of carbonyl (C=O) groups excluding carboxylic acids is 1. The van der Waals surface area contributed by atoms with Crippen molar-refractivity contribution < 1.29 is 14.4 Å². The molecule has 3 heterocycles. The van der Waals surface area contributed by atoms with Gasteiger partial charge in [0.25, 0.3) is 11.5 Å². The lowest BCUT2D eigenvalue weighted by atomic mass is 9.80. The van der Waals surface area contributed by atoms with Crippen LogP contribution in [0.4, 0.5) is 5.69 Å². The fraction of sp³-hybridized carbons (Fsp3) is 0.217. The van der Waals surface area contributed by atoms with Gasteiger partial charge in [-0.25, -0.2) is 4.98 Å². The molecule has 12 heteroatoms. The van der Waals surface area contributed by atoms with Crippen molar-refractivity contribution in [2.75, 3.05) is 5.32 Å². The number of nitriles is 1. The third kappa shape index (κ3) is 4.51. The molecule has 178 valence electrons. The molecule has 0 fully saturated rings. The average molecular weight is 494 g/mol. The quantitative estimate of drug-likeness (QED) is 0.416. The number of hydrogen-bond donors (Lipinski definition) is 2. The highest BCUT2D eigenvalue weighted by molar-refractivity contribution is 6.30. The second kappa shape index (κ2) is 9.44. The monoisotopic (exact) mass is 493 g/mol. The smallest absolute Gasteiger partial charge is 0.296 e. The molecule has 0 aliphatic carbocycles. The van der Waals surface area contributed by atoms with E-state index in [0.717, 1.165) is 5.56 Å². The van der Waals surface area contributed by atoms with Crippen LogP contribution in [-0.2, 0) is 14.1 Å². The van der Waals surface area contributed by atoms with Crippen molar-refractivity contribution in [2.45, 2.75) is 18.8 Å². The molecule has 0 saturated heterocycles. The summed E-state index contributed by atoms with van der Waals surface area (Å²) in [5.41, 5.74) is 0.734. The molecule has 0 unspecified atom stereocenters. The molecule has 4 aromatic rings. The first-order chi connectivity index (χ1) is 16.7. The Morgan fingerprint density at radius 3 is 2.71 bits per heavy atom. The molecule has 3 aromatic heterocycles. The van der Waals surface area contributed by atoms with Crippen molar-refractivity contribution >= 4 is 23.2 Å². The van der Waals surface area contributed by atoms with Gasteiger partial charge in [0.1, 0.15) is 17.8 Å². The topological polar surface area (TPSA) is 152 Å². The molecule has 1 amide bonds. The normalized spacial score (nSPS) is 12.7. The fourth-order valence-corrected chi connectivity index (χ4v) is 4.19. The number of benzene rings is 1. The summed E-state index contributed by atoms with van der Waals surface area (Å²) in [5.74, 6) is -2.45. The van der Waals surface area contributed by atoms with Gasteiger partial charge < -0.3 is 14.9 Å². The Morgan fingerprint density at radius 2 is 2.09 bits per heavy atom. The van der Waals surface area contributed by atoms with E-state index in [4.69, 9.17) is 16.1 Å². The van der Waals surface area contributed by atoms with Crippen LogP contribution >= 0.6 is 11.6 Å². The maximum atomic E-state index is 12.9. The number of hydrogen-bond acceptors (Lipinski definition) is 8. The number of nitrogens with one attached hydrogen (secondary N) is 1. The highest BCUT2D eigenvalue weighted by atomic mass is 35.5. The summed E-state index contributed by atoms with van der Waals surface area (Å²) in [6.07, 6.45) is 5.91. The van der Waals surface area contributed by atoms with Gasteiger partial charge in [-0.2, -0.15) is 10.4 Å². The van der Waals surface area contributed by atoms with Crippen molar-refractivity contribution in [3.05, 3.63) is 86.6 Å². The molecule has 2 atom stereocenters. The number of aromatic hydroxyl groups is 1. The minimum atomic E-state index is -0.810. The van der Waals surface area contributed by atoms with Crippen LogP contribution in [0.25, 0.3) is 0 Å². The highest BCUT2D eigenvalue weighted by Gasteiger charge is 2.31. The zero-order valence-electron chi connectivity index (χ0n) is 18.9. The Hall–Kier alpha value is -4.43. The van der Waals surface area contributed by atoms with E-state index >= 15 is 0 Å². The summed E-state index contributed by atoms with van der Waals surface area (Å²) in [6, 6.07) is 7.11. The van der Waals surface area contributed by atoms with Crippen molar-refractivity contribution in [1.82, 2.24) is 24.5 Å². The molecule has 2 N–H and O–H groups in total. The van der Waals surface area contributed by atoms with Crippen molar-refractivity contribution in [3.8, 4) is 11.8 Å². The minimum absolute atomic E-state index is 0.209. The van der Waals surface area contributed by atoms with Gasteiger partial charge in [-0.3, -0.25) is 18.8 Å². The third-order valence-corrected chi connectivity index (χ3v) is 5.90. The summed E-state index contributed by atoms with van der Waals surface area (Å²) in [7, 11) is 3.21. The van der Waals surface area contributed by atoms with Gasteiger partial charge in [0, 0.05) is 37.2 Å². The van der Waals surface area contributed by atoms with Crippen LogP contribution in [0.1, 0.15) is 51.8 Å². The summed E-state index contributed by atoms with van der Waals surface area (Å²) in [4.78, 5) is 30.1. The van der Waals surface area contributed by atoms with E-state index < -0.39 is 34.7 Å². The van der Waals surface area contributed by atoms with Crippen LogP contribution in [0.5, 0.6) is 5.75 Å². The number of nitrogens with zero attached hydrogens (tertiary/aromatic N) is 6. The fourth-order valence-electron chi connectivity index (χ4n) is 4.01. The Kier molecular flexibility index (Phi) is 6.40. The molecule has 1 aromatic carbocycles. The predicted octanol–water partition coefficient (Wildman–Crippen LogP) is 2.92. The molecule has 0 aliphatic heterocycles. The lowest BCUT2D eigenvalue weighted by molar-refractivity contribution is 0.101. The van der Waals surface area contributed by atoms with Crippen LogP contribution in [0.2, 0.25) is 5.02 Å². The van der Waals surface area contributed by atoms with Gasteiger partial charge in [-0.1, -0.05) is 23.7 Å². The maximum Gasteiger partial charge on any atom is 0.296 e. The Balaban J connectivity index is 1.87. The number of carbonyl (C=O) groups is 1. The van der Waals surface area contributed by atoms with Crippen LogP contribution in [0.3, 0.4) is 0 Å². The van der Waals surface area contributed by atoms with Crippen molar-refractivity contribution in [3.63, 3.8) is 0 Å². The van der Waals surface area contributed by atoms with Crippen molar-refractivity contribution in [2.24, 2.45) is 14.1 Å². The first kappa shape index (κ1) is 23.7. The standard InChI is InChI=1S/C23H20ClN7O4/c1-12(18(14-8-26-30(2)10-14)17-6-15(24)5-4-13(17)7-25)21-29-19(20(32)23(34)31(21)3)22(33)28-16-9-27-35-11-16/h4-6,8-12,18,32H,1-3H3,(H,28,33)/t12-,18-/m1/s1. The largest absolute Gasteiger partial charge is 0.501 e. The van der Waals surface area contributed by atoms with E-state index in [0.29, 0.717) is 16.1 Å². The average Bonchev–Trinajstić information content (AvgIpc) is 3.49. The van der Waals surface area contributed by atoms with E-state index in [1.54, 1.807) is 49.2 Å². The maximum absolute atomic E-state index is 12.9. The number of aryl methyl sites for hydroxylation is 1. The number of amides is 1. The van der Waals surface area contributed by atoms with Crippen LogP contribution in [-0.4, -0.2) is 35.5 Å². The van der Waals surface area contributed by atoms with Crippen LogP contribution in [0.15, 0.2) is 52.4 Å². The Bertz CT molecular complexity index is 1500. The first-order valence-electron chi connectivity index (χ1n) is 10.4. The molecule has 35 heavy (non-hydrogen) atoms. The lowest BCUT2D eigenvalue weighted by Gasteiger charge is -2.26. The first-order valence-corrected chi connectivity index (χ1v) is 10.8. The van der Waals surface area contributed by atoms with Gasteiger partial charge in [0.15, 0.2) is 5.69 Å². The Morgan fingerprint density at radius 1 is 1.31 bits per heavy atom. The van der Waals surface area contributed by atoms with E-state index in [9.17, 15) is 20.0 Å². The molecule has 0 saturated carbocycles. The lowest BCUT2D eigenvalue weighted by Crippen LogP contribution is -2.29. The summed E-state index contributed by atoms with van der Waals surface area (Å²) in [6.45, 7) is 1.81. The van der Waals surface area contributed by atoms with E-state index in [2.05, 4.69) is 26.6 Å². The summed E-state index contributed by atoms with van der Waals surface area (Å²) >= 11 is 6.27. The Labute approximate surface area is 204 Å². The number of aromatic nitrogens is 5. The zero-order chi connectivity index (χ0) is 25.3. The number of rotatable bonds is 6. The highest BCUT2D eigenvalue weighted by Crippen LogP contribution is 2.39. The molecule has 4 rings (SSSR count). The SMILES string of the molecule is C[C@@H](c1nc(C(=O)Nc2cnoc2)c(O)c(=O)n1C)[C@H](c1cnn(C)c1)c1cc(Cl)ccc1C#N. The predicted molar refractivity (Wildman–Crippen MR) is 125 cm³/mol. The second-order valence-electron chi connectivity index (χ2n) is 7.96. The number of anilines is 1. The third-order valence-electron chi connectivity index (χ3n) is 5.67. The number of halogens is 1. The molecule has 0 radical (unpaired) electrons. The molecule has 0 spiro atoms. The molecular weight excluding hydrogens is 474 g/mol. The zero-order valence-corrected chi connectivity index (χ0v) is 19.7. The van der Waals surface area contributed by atoms with Gasteiger partial charge in [0.05, 0.1) is 24.0 Å². The minimum Gasteiger partial charge on any atom is -0.501 e.